The van der Waals surface area contributed by atoms with Crippen molar-refractivity contribution in [2.75, 3.05) is 13.1 Å². The van der Waals surface area contributed by atoms with Gasteiger partial charge in [-0.2, -0.15) is 0 Å². The standard InChI is InChI=1S/C12H25N3O/c1-4-13-9-8-12(16)14-15-10(2)6-5-7-11(15)3/h10-11,13H,4-9H2,1-3H3,(H,14,16). The molecule has 1 saturated heterocycles. The molecule has 94 valence electrons. The molecule has 0 bridgehead atoms. The zero-order chi connectivity index (χ0) is 12.0. The zero-order valence-electron chi connectivity index (χ0n) is 10.8. The minimum Gasteiger partial charge on any atom is -0.316 e. The van der Waals surface area contributed by atoms with E-state index in [0.29, 0.717) is 18.5 Å². The molecule has 1 aliphatic rings. The Morgan fingerprint density at radius 3 is 2.50 bits per heavy atom. The van der Waals surface area contributed by atoms with Crippen LogP contribution >= 0.6 is 0 Å². The van der Waals surface area contributed by atoms with Gasteiger partial charge < -0.3 is 5.32 Å². The summed E-state index contributed by atoms with van der Waals surface area (Å²) in [6.07, 6.45) is 4.19. The van der Waals surface area contributed by atoms with E-state index in [1.54, 1.807) is 0 Å². The minimum atomic E-state index is 0.126. The fourth-order valence-corrected chi connectivity index (χ4v) is 2.22. The normalized spacial score (nSPS) is 26.7. The molecule has 0 aromatic heterocycles. The van der Waals surface area contributed by atoms with Crippen molar-refractivity contribution < 1.29 is 4.79 Å². The molecule has 0 aromatic carbocycles. The molecule has 2 unspecified atom stereocenters. The highest BCUT2D eigenvalue weighted by Gasteiger charge is 2.25. The van der Waals surface area contributed by atoms with E-state index < -0.39 is 0 Å². The van der Waals surface area contributed by atoms with E-state index in [4.69, 9.17) is 0 Å². The maximum atomic E-state index is 11.7. The third kappa shape index (κ3) is 4.10. The predicted molar refractivity (Wildman–Crippen MR) is 65.9 cm³/mol. The van der Waals surface area contributed by atoms with E-state index >= 15 is 0 Å². The van der Waals surface area contributed by atoms with Gasteiger partial charge in [-0.25, -0.2) is 5.01 Å². The lowest BCUT2D eigenvalue weighted by molar-refractivity contribution is -0.129. The van der Waals surface area contributed by atoms with Gasteiger partial charge in [-0.1, -0.05) is 13.3 Å². The lowest BCUT2D eigenvalue weighted by atomic mass is 10.00. The van der Waals surface area contributed by atoms with Crippen molar-refractivity contribution in [1.82, 2.24) is 15.8 Å². The average molecular weight is 227 g/mol. The Bertz CT molecular complexity index is 210. The smallest absolute Gasteiger partial charge is 0.235 e. The van der Waals surface area contributed by atoms with Gasteiger partial charge in [-0.3, -0.25) is 10.2 Å². The van der Waals surface area contributed by atoms with Crippen molar-refractivity contribution in [3.05, 3.63) is 0 Å². The van der Waals surface area contributed by atoms with Crippen molar-refractivity contribution >= 4 is 5.91 Å². The second kappa shape index (κ2) is 6.86. The van der Waals surface area contributed by atoms with Crippen molar-refractivity contribution in [1.29, 1.82) is 0 Å². The molecule has 1 aliphatic heterocycles. The van der Waals surface area contributed by atoms with E-state index in [-0.39, 0.29) is 5.91 Å². The molecule has 4 nitrogen and oxygen atoms in total. The van der Waals surface area contributed by atoms with Gasteiger partial charge in [0.1, 0.15) is 0 Å². The molecular weight excluding hydrogens is 202 g/mol. The first-order valence-electron chi connectivity index (χ1n) is 6.43. The molecule has 0 aliphatic carbocycles. The highest BCUT2D eigenvalue weighted by atomic mass is 16.2. The van der Waals surface area contributed by atoms with Crippen LogP contribution in [0.25, 0.3) is 0 Å². The number of carbonyl (C=O) groups excluding carboxylic acids is 1. The maximum absolute atomic E-state index is 11.7. The van der Waals surface area contributed by atoms with Crippen LogP contribution in [0.5, 0.6) is 0 Å². The SMILES string of the molecule is CCNCCC(=O)NN1C(C)CCCC1C. The topological polar surface area (TPSA) is 44.4 Å². The number of carbonyl (C=O) groups is 1. The van der Waals surface area contributed by atoms with Crippen LogP contribution in [-0.2, 0) is 4.79 Å². The average Bonchev–Trinajstić information content (AvgIpc) is 2.24. The molecule has 1 heterocycles. The van der Waals surface area contributed by atoms with Crippen molar-refractivity contribution in [3.63, 3.8) is 0 Å². The molecule has 1 rings (SSSR count). The fourth-order valence-electron chi connectivity index (χ4n) is 2.22. The Hall–Kier alpha value is -0.610. The molecule has 0 saturated carbocycles. The monoisotopic (exact) mass is 227 g/mol. The van der Waals surface area contributed by atoms with E-state index in [0.717, 1.165) is 13.1 Å². The van der Waals surface area contributed by atoms with Crippen LogP contribution < -0.4 is 10.7 Å². The first kappa shape index (κ1) is 13.5. The van der Waals surface area contributed by atoms with Crippen molar-refractivity contribution in [3.8, 4) is 0 Å². The Balaban J connectivity index is 2.30. The van der Waals surface area contributed by atoms with Crippen LogP contribution in [0.1, 0.15) is 46.5 Å². The quantitative estimate of drug-likeness (QED) is 0.695. The van der Waals surface area contributed by atoms with Crippen LogP contribution in [0, 0.1) is 0 Å². The Morgan fingerprint density at radius 1 is 1.31 bits per heavy atom. The van der Waals surface area contributed by atoms with Crippen LogP contribution in [0.2, 0.25) is 0 Å². The van der Waals surface area contributed by atoms with Gasteiger partial charge in [-0.05, 0) is 33.2 Å². The lowest BCUT2D eigenvalue weighted by Gasteiger charge is -2.38. The Labute approximate surface area is 98.7 Å². The summed E-state index contributed by atoms with van der Waals surface area (Å²) in [6, 6.07) is 0.929. The summed E-state index contributed by atoms with van der Waals surface area (Å²) in [7, 11) is 0. The molecule has 1 fully saturated rings. The summed E-state index contributed by atoms with van der Waals surface area (Å²) < 4.78 is 0. The van der Waals surface area contributed by atoms with Crippen LogP contribution in [0.15, 0.2) is 0 Å². The third-order valence-electron chi connectivity index (χ3n) is 3.23. The first-order chi connectivity index (χ1) is 7.65. The number of piperidine rings is 1. The highest BCUT2D eigenvalue weighted by molar-refractivity contribution is 5.75. The third-order valence-corrected chi connectivity index (χ3v) is 3.23. The number of nitrogens with one attached hydrogen (secondary N) is 2. The van der Waals surface area contributed by atoms with Crippen LogP contribution in [0.3, 0.4) is 0 Å². The van der Waals surface area contributed by atoms with Crippen molar-refractivity contribution in [2.24, 2.45) is 0 Å². The summed E-state index contributed by atoms with van der Waals surface area (Å²) in [5.41, 5.74) is 3.03. The summed E-state index contributed by atoms with van der Waals surface area (Å²) in [4.78, 5) is 11.7. The lowest BCUT2D eigenvalue weighted by Crippen LogP contribution is -2.54. The van der Waals surface area contributed by atoms with Gasteiger partial charge in [0, 0.05) is 25.0 Å². The van der Waals surface area contributed by atoms with Crippen molar-refractivity contribution in [2.45, 2.75) is 58.5 Å². The molecule has 16 heavy (non-hydrogen) atoms. The minimum absolute atomic E-state index is 0.126. The summed E-state index contributed by atoms with van der Waals surface area (Å²) in [5, 5.41) is 5.28. The Morgan fingerprint density at radius 2 is 1.94 bits per heavy atom. The van der Waals surface area contributed by atoms with E-state index in [1.807, 2.05) is 6.92 Å². The number of hydrazine groups is 1. The second-order valence-electron chi connectivity index (χ2n) is 4.67. The molecule has 1 amide bonds. The molecule has 2 atom stereocenters. The number of nitrogens with zero attached hydrogens (tertiary/aromatic N) is 1. The number of amides is 1. The van der Waals surface area contributed by atoms with Gasteiger partial charge in [-0.15, -0.1) is 0 Å². The summed E-state index contributed by atoms with van der Waals surface area (Å²) in [5.74, 6) is 0.126. The van der Waals surface area contributed by atoms with Gasteiger partial charge in [0.2, 0.25) is 5.91 Å². The molecule has 0 spiro atoms. The number of rotatable bonds is 5. The van der Waals surface area contributed by atoms with E-state index in [9.17, 15) is 4.79 Å². The van der Waals surface area contributed by atoms with Gasteiger partial charge in [0.25, 0.3) is 0 Å². The molecule has 2 N–H and O–H groups in total. The maximum Gasteiger partial charge on any atom is 0.235 e. The molecule has 4 heteroatoms. The molecule has 0 radical (unpaired) electrons. The Kier molecular flexibility index (Phi) is 5.77. The van der Waals surface area contributed by atoms with Gasteiger partial charge in [0.15, 0.2) is 0 Å². The molecule has 0 aromatic rings. The fraction of sp³-hybridized carbons (Fsp3) is 0.917. The molecular formula is C12H25N3O. The largest absolute Gasteiger partial charge is 0.316 e. The van der Waals surface area contributed by atoms with E-state index in [1.165, 1.54) is 19.3 Å². The zero-order valence-corrected chi connectivity index (χ0v) is 10.8. The number of hydrogen-bond acceptors (Lipinski definition) is 3. The summed E-state index contributed by atoms with van der Waals surface area (Å²) >= 11 is 0. The predicted octanol–water partition coefficient (Wildman–Crippen LogP) is 1.28. The first-order valence-corrected chi connectivity index (χ1v) is 6.43. The van der Waals surface area contributed by atoms with Crippen LogP contribution in [0.4, 0.5) is 0 Å². The van der Waals surface area contributed by atoms with E-state index in [2.05, 4.69) is 29.6 Å². The number of hydrogen-bond donors (Lipinski definition) is 2. The van der Waals surface area contributed by atoms with Gasteiger partial charge >= 0.3 is 0 Å². The summed E-state index contributed by atoms with van der Waals surface area (Å²) in [6.45, 7) is 8.09. The van der Waals surface area contributed by atoms with Gasteiger partial charge in [0.05, 0.1) is 0 Å². The van der Waals surface area contributed by atoms with Crippen LogP contribution in [-0.4, -0.2) is 36.1 Å². The highest BCUT2D eigenvalue weighted by Crippen LogP contribution is 2.20. The second-order valence-corrected chi connectivity index (χ2v) is 4.67.